The van der Waals surface area contributed by atoms with Crippen LogP contribution in [-0.2, 0) is 11.2 Å². The highest BCUT2D eigenvalue weighted by atomic mass is 19.4. The Morgan fingerprint density at radius 3 is 1.40 bits per heavy atom. The molecular formula is C15H13F3O2. The number of hydrogen-bond acceptors (Lipinski definition) is 1. The van der Waals surface area contributed by atoms with Crippen molar-refractivity contribution in [1.82, 2.24) is 0 Å². The lowest BCUT2D eigenvalue weighted by atomic mass is 10.1. The normalized spacial score (nSPS) is 10.3. The fourth-order valence-electron chi connectivity index (χ4n) is 1.43. The van der Waals surface area contributed by atoms with Crippen molar-refractivity contribution >= 4 is 5.97 Å². The van der Waals surface area contributed by atoms with Gasteiger partial charge in [0.1, 0.15) is 0 Å². The fourth-order valence-corrected chi connectivity index (χ4v) is 1.43. The van der Waals surface area contributed by atoms with E-state index in [0.29, 0.717) is 0 Å². The van der Waals surface area contributed by atoms with Gasteiger partial charge in [-0.05, 0) is 17.5 Å². The van der Waals surface area contributed by atoms with Gasteiger partial charge in [0, 0.05) is 0 Å². The van der Waals surface area contributed by atoms with Gasteiger partial charge >= 0.3 is 12.1 Å². The first-order chi connectivity index (χ1) is 9.39. The first-order valence-electron chi connectivity index (χ1n) is 5.77. The minimum absolute atomic E-state index is 1.03. The Kier molecular flexibility index (Phi) is 5.77. The maximum Gasteiger partial charge on any atom is 0.490 e. The first-order valence-corrected chi connectivity index (χ1v) is 5.77. The summed E-state index contributed by atoms with van der Waals surface area (Å²) in [5, 5.41) is 7.12. The van der Waals surface area contributed by atoms with Crippen LogP contribution in [0.15, 0.2) is 60.7 Å². The molecule has 0 aromatic heterocycles. The summed E-state index contributed by atoms with van der Waals surface area (Å²) in [6.07, 6.45) is -4.05. The number of halogens is 3. The molecule has 2 rings (SSSR count). The van der Waals surface area contributed by atoms with E-state index >= 15 is 0 Å². The monoisotopic (exact) mass is 282 g/mol. The summed E-state index contributed by atoms with van der Waals surface area (Å²) >= 11 is 0. The molecule has 0 saturated carbocycles. The Hall–Kier alpha value is -2.30. The minimum Gasteiger partial charge on any atom is -0.475 e. The number of carboxylic acid groups (broad SMARTS) is 1. The molecule has 0 bridgehead atoms. The Morgan fingerprint density at radius 1 is 0.850 bits per heavy atom. The Morgan fingerprint density at radius 2 is 1.15 bits per heavy atom. The van der Waals surface area contributed by atoms with Gasteiger partial charge in [0.05, 0.1) is 0 Å². The maximum absolute atomic E-state index is 10.6. The van der Waals surface area contributed by atoms with Crippen LogP contribution in [0.2, 0.25) is 0 Å². The molecule has 2 aromatic rings. The van der Waals surface area contributed by atoms with E-state index < -0.39 is 12.1 Å². The van der Waals surface area contributed by atoms with Crippen LogP contribution in [0, 0.1) is 0 Å². The average Bonchev–Trinajstić information content (AvgIpc) is 2.40. The van der Waals surface area contributed by atoms with E-state index in [-0.39, 0.29) is 0 Å². The van der Waals surface area contributed by atoms with Crippen molar-refractivity contribution in [3.8, 4) is 0 Å². The molecule has 0 heterocycles. The number of rotatable bonds is 2. The van der Waals surface area contributed by atoms with Gasteiger partial charge in [-0.25, -0.2) is 4.79 Å². The molecule has 0 radical (unpaired) electrons. The van der Waals surface area contributed by atoms with Crippen LogP contribution in [0.1, 0.15) is 11.1 Å². The van der Waals surface area contributed by atoms with Crippen LogP contribution in [0.3, 0.4) is 0 Å². The zero-order valence-corrected chi connectivity index (χ0v) is 10.5. The number of carbonyl (C=O) groups is 1. The van der Waals surface area contributed by atoms with E-state index in [2.05, 4.69) is 60.7 Å². The smallest absolute Gasteiger partial charge is 0.475 e. The van der Waals surface area contributed by atoms with Crippen LogP contribution in [0.5, 0.6) is 0 Å². The molecule has 2 nitrogen and oxygen atoms in total. The van der Waals surface area contributed by atoms with Crippen molar-refractivity contribution < 1.29 is 23.1 Å². The summed E-state index contributed by atoms with van der Waals surface area (Å²) in [5.74, 6) is -2.76. The molecule has 5 heteroatoms. The van der Waals surface area contributed by atoms with Gasteiger partial charge in [-0.3, -0.25) is 0 Å². The molecule has 0 amide bonds. The standard InChI is InChI=1S/C13H12.C2HF3O2/c1-3-7-12(8-4-1)11-13-9-5-2-6-10-13;3-2(4,5)1(6)7/h1-10H,11H2;(H,6,7). The Bertz CT molecular complexity index is 484. The minimum atomic E-state index is -5.08. The quantitative estimate of drug-likeness (QED) is 0.906. The summed E-state index contributed by atoms with van der Waals surface area (Å²) in [4.78, 5) is 8.90. The second-order valence-electron chi connectivity index (χ2n) is 3.95. The first kappa shape index (κ1) is 15.8. The van der Waals surface area contributed by atoms with E-state index in [1.807, 2.05) is 0 Å². The summed E-state index contributed by atoms with van der Waals surface area (Å²) in [6, 6.07) is 21.1. The molecule has 0 saturated heterocycles. The number of alkyl halides is 3. The summed E-state index contributed by atoms with van der Waals surface area (Å²) in [6.45, 7) is 0. The molecule has 2 aromatic carbocycles. The van der Waals surface area contributed by atoms with Crippen LogP contribution >= 0.6 is 0 Å². The molecule has 0 aliphatic rings. The lowest BCUT2D eigenvalue weighted by molar-refractivity contribution is -0.192. The maximum atomic E-state index is 10.6. The predicted octanol–water partition coefficient (Wildman–Crippen LogP) is 3.91. The lowest BCUT2D eigenvalue weighted by Gasteiger charge is -2.00. The Labute approximate surface area is 114 Å². The highest BCUT2D eigenvalue weighted by molar-refractivity contribution is 5.73. The van der Waals surface area contributed by atoms with Gasteiger partial charge in [-0.15, -0.1) is 0 Å². The fraction of sp³-hybridized carbons (Fsp3) is 0.133. The van der Waals surface area contributed by atoms with Gasteiger partial charge in [0.15, 0.2) is 0 Å². The molecular weight excluding hydrogens is 269 g/mol. The third-order valence-corrected chi connectivity index (χ3v) is 2.34. The number of benzene rings is 2. The molecule has 0 fully saturated rings. The van der Waals surface area contributed by atoms with Crippen LogP contribution in [-0.4, -0.2) is 17.3 Å². The van der Waals surface area contributed by atoms with Gasteiger partial charge < -0.3 is 5.11 Å². The van der Waals surface area contributed by atoms with Gasteiger partial charge in [-0.1, -0.05) is 60.7 Å². The van der Waals surface area contributed by atoms with Crippen LogP contribution in [0.4, 0.5) is 13.2 Å². The van der Waals surface area contributed by atoms with Crippen molar-refractivity contribution in [2.45, 2.75) is 12.6 Å². The average molecular weight is 282 g/mol. The largest absolute Gasteiger partial charge is 0.490 e. The van der Waals surface area contributed by atoms with Crippen molar-refractivity contribution in [1.29, 1.82) is 0 Å². The van der Waals surface area contributed by atoms with E-state index in [9.17, 15) is 13.2 Å². The van der Waals surface area contributed by atoms with Gasteiger partial charge in [-0.2, -0.15) is 13.2 Å². The number of carboxylic acids is 1. The highest BCUT2D eigenvalue weighted by Crippen LogP contribution is 2.13. The molecule has 0 spiro atoms. The van der Waals surface area contributed by atoms with Crippen molar-refractivity contribution in [2.75, 3.05) is 0 Å². The van der Waals surface area contributed by atoms with Crippen molar-refractivity contribution in [3.05, 3.63) is 71.8 Å². The van der Waals surface area contributed by atoms with E-state index in [0.717, 1.165) is 6.42 Å². The topological polar surface area (TPSA) is 37.3 Å². The number of hydrogen-bond donors (Lipinski definition) is 1. The third-order valence-electron chi connectivity index (χ3n) is 2.34. The molecule has 0 aliphatic heterocycles. The second kappa shape index (κ2) is 7.33. The zero-order chi connectivity index (χ0) is 15.0. The Balaban J connectivity index is 0.000000246. The molecule has 0 aliphatic carbocycles. The molecule has 20 heavy (non-hydrogen) atoms. The highest BCUT2D eigenvalue weighted by Gasteiger charge is 2.38. The van der Waals surface area contributed by atoms with Crippen LogP contribution in [0.25, 0.3) is 0 Å². The van der Waals surface area contributed by atoms with E-state index in [4.69, 9.17) is 9.90 Å². The number of aliphatic carboxylic acids is 1. The summed E-state index contributed by atoms with van der Waals surface area (Å²) in [5.41, 5.74) is 2.74. The van der Waals surface area contributed by atoms with E-state index in [1.54, 1.807) is 0 Å². The lowest BCUT2D eigenvalue weighted by Crippen LogP contribution is -2.21. The molecule has 0 unspecified atom stereocenters. The second-order valence-corrected chi connectivity index (χ2v) is 3.95. The third kappa shape index (κ3) is 6.04. The predicted molar refractivity (Wildman–Crippen MR) is 69.4 cm³/mol. The van der Waals surface area contributed by atoms with Gasteiger partial charge in [0.25, 0.3) is 0 Å². The summed E-state index contributed by atoms with van der Waals surface area (Å²) < 4.78 is 31.7. The molecule has 106 valence electrons. The van der Waals surface area contributed by atoms with E-state index in [1.165, 1.54) is 11.1 Å². The van der Waals surface area contributed by atoms with Crippen LogP contribution < -0.4 is 0 Å². The summed E-state index contributed by atoms with van der Waals surface area (Å²) in [7, 11) is 0. The SMILES string of the molecule is O=C(O)C(F)(F)F.c1ccc(Cc2ccccc2)cc1. The van der Waals surface area contributed by atoms with Gasteiger partial charge in [0.2, 0.25) is 0 Å². The molecule has 0 atom stereocenters. The molecule has 1 N–H and O–H groups in total. The zero-order valence-electron chi connectivity index (χ0n) is 10.5. The van der Waals surface area contributed by atoms with Crippen molar-refractivity contribution in [3.63, 3.8) is 0 Å². The van der Waals surface area contributed by atoms with Crippen molar-refractivity contribution in [2.24, 2.45) is 0 Å².